The maximum absolute atomic E-state index is 12.0. The molecular formula is C18H32N4O3. The van der Waals surface area contributed by atoms with Crippen LogP contribution in [0.5, 0.6) is 0 Å². The fraction of sp³-hybridized carbons (Fsp3) is 0.778. The predicted molar refractivity (Wildman–Crippen MR) is 95.8 cm³/mol. The maximum Gasteiger partial charge on any atom is 0.223 e. The molecule has 1 aromatic rings. The zero-order chi connectivity index (χ0) is 19.0. The van der Waals surface area contributed by atoms with Gasteiger partial charge in [0.25, 0.3) is 0 Å². The summed E-state index contributed by atoms with van der Waals surface area (Å²) in [6, 6.07) is 0. The van der Waals surface area contributed by atoms with Crippen molar-refractivity contribution in [3.8, 4) is 0 Å². The third-order valence-electron chi connectivity index (χ3n) is 3.87. The average molecular weight is 352 g/mol. The molecule has 0 radical (unpaired) electrons. The van der Waals surface area contributed by atoms with E-state index in [0.29, 0.717) is 24.7 Å². The minimum absolute atomic E-state index is 0.0773. The minimum atomic E-state index is -0.332. The number of carbonyl (C=O) groups is 2. The lowest BCUT2D eigenvalue weighted by molar-refractivity contribution is -0.132. The fourth-order valence-corrected chi connectivity index (χ4v) is 2.31. The highest BCUT2D eigenvalue weighted by atomic mass is 16.5. The Morgan fingerprint density at radius 1 is 1.40 bits per heavy atom. The van der Waals surface area contributed by atoms with Gasteiger partial charge in [-0.2, -0.15) is 0 Å². The van der Waals surface area contributed by atoms with E-state index in [9.17, 15) is 9.59 Å². The highest BCUT2D eigenvalue weighted by Crippen LogP contribution is 2.14. The largest absolute Gasteiger partial charge is 0.374 e. The Morgan fingerprint density at radius 2 is 2.08 bits per heavy atom. The number of hydrogen-bond acceptors (Lipinski definition) is 5. The zero-order valence-electron chi connectivity index (χ0n) is 16.4. The number of amides is 1. The molecule has 7 heteroatoms. The van der Waals surface area contributed by atoms with E-state index in [1.807, 2.05) is 20.0 Å². The van der Waals surface area contributed by atoms with Crippen LogP contribution < -0.4 is 0 Å². The van der Waals surface area contributed by atoms with Gasteiger partial charge in [0.2, 0.25) is 5.91 Å². The average Bonchev–Trinajstić information content (AvgIpc) is 2.92. The van der Waals surface area contributed by atoms with Gasteiger partial charge in [-0.25, -0.2) is 4.68 Å². The van der Waals surface area contributed by atoms with Gasteiger partial charge < -0.3 is 14.4 Å². The standard InChI is InChI=1S/C18H32N4O3/c1-14(2)7-8-25-18(4,5)13-22-11-16(19-20-22)10-21(6)17(24)9-15(3)12-23/h11-12,14-15H,7-10,13H2,1-6H3. The van der Waals surface area contributed by atoms with Gasteiger partial charge >= 0.3 is 0 Å². The van der Waals surface area contributed by atoms with Crippen molar-refractivity contribution in [3.05, 3.63) is 11.9 Å². The normalized spacial score (nSPS) is 13.1. The van der Waals surface area contributed by atoms with E-state index in [4.69, 9.17) is 4.74 Å². The van der Waals surface area contributed by atoms with E-state index in [1.165, 1.54) is 0 Å². The van der Waals surface area contributed by atoms with Crippen LogP contribution in [-0.2, 0) is 27.4 Å². The van der Waals surface area contributed by atoms with Gasteiger partial charge in [0.05, 0.1) is 24.9 Å². The molecule has 1 rings (SSSR count). The second kappa shape index (κ2) is 9.65. The van der Waals surface area contributed by atoms with Crippen molar-refractivity contribution < 1.29 is 14.3 Å². The first-order valence-corrected chi connectivity index (χ1v) is 8.85. The molecule has 0 aliphatic carbocycles. The lowest BCUT2D eigenvalue weighted by Crippen LogP contribution is -2.31. The molecule has 0 fully saturated rings. The van der Waals surface area contributed by atoms with Crippen molar-refractivity contribution in [1.29, 1.82) is 0 Å². The summed E-state index contributed by atoms with van der Waals surface area (Å²) < 4.78 is 7.69. The van der Waals surface area contributed by atoms with Crippen LogP contribution in [0.4, 0.5) is 0 Å². The Balaban J connectivity index is 2.52. The van der Waals surface area contributed by atoms with E-state index in [0.717, 1.165) is 19.3 Å². The SMILES string of the molecule is CC(C)CCOC(C)(C)Cn1cc(CN(C)C(=O)CC(C)C=O)nn1. The molecule has 1 aromatic heterocycles. The summed E-state index contributed by atoms with van der Waals surface area (Å²) in [5.74, 6) is 0.268. The predicted octanol–water partition coefficient (Wildman–Crippen LogP) is 2.30. The number of aldehydes is 1. The van der Waals surface area contributed by atoms with Gasteiger partial charge in [0, 0.05) is 26.0 Å². The lowest BCUT2D eigenvalue weighted by Gasteiger charge is -2.25. The molecule has 25 heavy (non-hydrogen) atoms. The van der Waals surface area contributed by atoms with Crippen molar-refractivity contribution in [2.45, 2.75) is 66.2 Å². The Morgan fingerprint density at radius 3 is 2.68 bits per heavy atom. The van der Waals surface area contributed by atoms with E-state index < -0.39 is 0 Å². The minimum Gasteiger partial charge on any atom is -0.374 e. The topological polar surface area (TPSA) is 77.3 Å². The van der Waals surface area contributed by atoms with Crippen LogP contribution in [0.1, 0.15) is 53.2 Å². The molecule has 0 saturated carbocycles. The molecule has 1 unspecified atom stereocenters. The molecule has 0 spiro atoms. The molecule has 7 nitrogen and oxygen atoms in total. The van der Waals surface area contributed by atoms with Crippen LogP contribution in [0.2, 0.25) is 0 Å². The molecule has 0 bridgehead atoms. The number of ether oxygens (including phenoxy) is 1. The van der Waals surface area contributed by atoms with Gasteiger partial charge in [0.15, 0.2) is 0 Å². The maximum atomic E-state index is 12.0. The summed E-state index contributed by atoms with van der Waals surface area (Å²) >= 11 is 0. The van der Waals surface area contributed by atoms with E-state index in [2.05, 4.69) is 24.2 Å². The highest BCUT2D eigenvalue weighted by Gasteiger charge is 2.21. The summed E-state index contributed by atoms with van der Waals surface area (Å²) in [5, 5.41) is 8.25. The van der Waals surface area contributed by atoms with Crippen LogP contribution in [0.25, 0.3) is 0 Å². The Labute approximate surface area is 150 Å². The summed E-state index contributed by atoms with van der Waals surface area (Å²) in [6.45, 7) is 11.8. The van der Waals surface area contributed by atoms with E-state index in [1.54, 1.807) is 23.6 Å². The molecule has 1 heterocycles. The third kappa shape index (κ3) is 8.25. The Bertz CT molecular complexity index is 554. The number of hydrogen-bond donors (Lipinski definition) is 0. The smallest absolute Gasteiger partial charge is 0.223 e. The van der Waals surface area contributed by atoms with E-state index in [-0.39, 0.29) is 23.8 Å². The van der Waals surface area contributed by atoms with E-state index >= 15 is 0 Å². The van der Waals surface area contributed by atoms with Gasteiger partial charge in [-0.3, -0.25) is 4.79 Å². The summed E-state index contributed by atoms with van der Waals surface area (Å²) in [7, 11) is 1.71. The monoisotopic (exact) mass is 352 g/mol. The quantitative estimate of drug-likeness (QED) is 0.571. The first-order valence-electron chi connectivity index (χ1n) is 8.85. The number of aromatic nitrogens is 3. The summed E-state index contributed by atoms with van der Waals surface area (Å²) in [4.78, 5) is 24.2. The second-order valence-electron chi connectivity index (χ2n) is 7.77. The molecule has 0 N–H and O–H groups in total. The number of rotatable bonds is 11. The van der Waals surface area contributed by atoms with Crippen molar-refractivity contribution in [3.63, 3.8) is 0 Å². The fourth-order valence-electron chi connectivity index (χ4n) is 2.31. The van der Waals surface area contributed by atoms with Gasteiger partial charge in [-0.05, 0) is 26.2 Å². The van der Waals surface area contributed by atoms with Gasteiger partial charge in [-0.15, -0.1) is 5.10 Å². The molecule has 142 valence electrons. The van der Waals surface area contributed by atoms with Crippen molar-refractivity contribution in [2.75, 3.05) is 13.7 Å². The van der Waals surface area contributed by atoms with Crippen molar-refractivity contribution in [1.82, 2.24) is 19.9 Å². The molecule has 0 saturated heterocycles. The summed E-state index contributed by atoms with van der Waals surface area (Å²) in [6.07, 6.45) is 3.87. The molecule has 0 aliphatic heterocycles. The van der Waals surface area contributed by atoms with Crippen LogP contribution in [0.15, 0.2) is 6.20 Å². The number of nitrogens with zero attached hydrogens (tertiary/aromatic N) is 4. The first-order chi connectivity index (χ1) is 11.6. The molecule has 0 aliphatic rings. The zero-order valence-corrected chi connectivity index (χ0v) is 16.4. The molecule has 1 amide bonds. The molecular weight excluding hydrogens is 320 g/mol. The Kier molecular flexibility index (Phi) is 8.22. The van der Waals surface area contributed by atoms with Crippen LogP contribution in [0, 0.1) is 11.8 Å². The molecule has 1 atom stereocenters. The third-order valence-corrected chi connectivity index (χ3v) is 3.87. The van der Waals surface area contributed by atoms with Crippen molar-refractivity contribution >= 4 is 12.2 Å². The summed E-state index contributed by atoms with van der Waals surface area (Å²) in [5.41, 5.74) is 0.383. The van der Waals surface area contributed by atoms with Crippen LogP contribution >= 0.6 is 0 Å². The lowest BCUT2D eigenvalue weighted by atomic mass is 10.1. The molecule has 0 aromatic carbocycles. The highest BCUT2D eigenvalue weighted by molar-refractivity contribution is 5.78. The first kappa shape index (κ1) is 21.3. The Hall–Kier alpha value is -1.76. The van der Waals surface area contributed by atoms with Crippen LogP contribution in [-0.4, -0.2) is 51.3 Å². The number of carbonyl (C=O) groups excluding carboxylic acids is 2. The van der Waals surface area contributed by atoms with Crippen molar-refractivity contribution in [2.24, 2.45) is 11.8 Å². The second-order valence-corrected chi connectivity index (χ2v) is 7.77. The van der Waals surface area contributed by atoms with Gasteiger partial charge in [0.1, 0.15) is 12.0 Å². The van der Waals surface area contributed by atoms with Crippen LogP contribution in [0.3, 0.4) is 0 Å². The van der Waals surface area contributed by atoms with Gasteiger partial charge in [-0.1, -0.05) is 26.0 Å².